The second-order valence-electron chi connectivity index (χ2n) is 1.67. The molecule has 0 amide bonds. The Labute approximate surface area is 44.8 Å². The van der Waals surface area contributed by atoms with E-state index in [1.54, 1.807) is 0 Å². The summed E-state index contributed by atoms with van der Waals surface area (Å²) in [4.78, 5) is 0. The van der Waals surface area contributed by atoms with Crippen molar-refractivity contribution in [2.75, 3.05) is 0 Å². The Bertz CT molecular complexity index is 92.7. The molecule has 7 heavy (non-hydrogen) atoms. The Morgan fingerprint density at radius 2 is 2.14 bits per heavy atom. The molecule has 0 fully saturated rings. The van der Waals surface area contributed by atoms with Crippen molar-refractivity contribution < 1.29 is 0 Å². The van der Waals surface area contributed by atoms with Crippen molar-refractivity contribution in [3.63, 3.8) is 0 Å². The van der Waals surface area contributed by atoms with Gasteiger partial charge in [0.05, 0.1) is 0 Å². The van der Waals surface area contributed by atoms with Crippen molar-refractivity contribution >= 4 is 11.9 Å². The first kappa shape index (κ1) is 6.45. The molecule has 0 aromatic carbocycles. The van der Waals surface area contributed by atoms with E-state index < -0.39 is 0 Å². The van der Waals surface area contributed by atoms with Gasteiger partial charge in [0.2, 0.25) is 0 Å². The highest BCUT2D eigenvalue weighted by molar-refractivity contribution is 5.81. The third kappa shape index (κ3) is 5.45. The zero-order valence-corrected chi connectivity index (χ0v) is 5.23. The molecular formula is C6H12N+. The van der Waals surface area contributed by atoms with E-state index >= 15 is 0 Å². The number of hydrogen-bond donors (Lipinski definition) is 0. The zero-order chi connectivity index (χ0) is 5.70. The molecule has 0 saturated heterocycles. The van der Waals surface area contributed by atoms with Gasteiger partial charge in [0, 0.05) is 20.3 Å². The number of rotatable bonds is 1. The molecule has 0 unspecified atom stereocenters. The highest BCUT2D eigenvalue weighted by Crippen LogP contribution is 1.58. The Kier molecular flexibility index (Phi) is 3.35. The molecule has 0 radical (unpaired) electrons. The summed E-state index contributed by atoms with van der Waals surface area (Å²) in [6.45, 7) is 6.06. The van der Waals surface area contributed by atoms with Gasteiger partial charge in [-0.05, 0) is 0 Å². The Balaban J connectivity index is 3.62. The van der Waals surface area contributed by atoms with Crippen molar-refractivity contribution in [3.8, 4) is 0 Å². The summed E-state index contributed by atoms with van der Waals surface area (Å²) in [5.41, 5.74) is 1.13. The van der Waals surface area contributed by atoms with Gasteiger partial charge >= 0.3 is 0 Å². The van der Waals surface area contributed by atoms with E-state index in [2.05, 4.69) is 11.6 Å². The number of nitrogens with zero attached hydrogens (tertiary/aromatic N) is 1. The average Bonchev–Trinajstić information content (AvgIpc) is 1.61. The van der Waals surface area contributed by atoms with E-state index in [0.717, 1.165) is 12.1 Å². The normalized spacial score (nSPS) is 7.29. The van der Waals surface area contributed by atoms with Crippen LogP contribution in [0.2, 0.25) is 0 Å². The van der Waals surface area contributed by atoms with Crippen LogP contribution in [0.1, 0.15) is 27.2 Å². The first-order chi connectivity index (χ1) is 3.27. The topological polar surface area (TPSA) is 14.1 Å². The maximum absolute atomic E-state index is 4.03. The van der Waals surface area contributed by atoms with Crippen molar-refractivity contribution in [1.82, 2.24) is 4.67 Å². The molecule has 1 heteroatoms. The fourth-order valence-corrected chi connectivity index (χ4v) is 0.274. The van der Waals surface area contributed by atoms with Crippen LogP contribution in [0.4, 0.5) is 0 Å². The molecule has 0 aromatic heterocycles. The molecule has 0 bridgehead atoms. The lowest BCUT2D eigenvalue weighted by molar-refractivity contribution is 1.31. The van der Waals surface area contributed by atoms with Crippen LogP contribution in [0.25, 0.3) is 0 Å². The van der Waals surface area contributed by atoms with E-state index in [-0.39, 0.29) is 0 Å². The van der Waals surface area contributed by atoms with E-state index in [9.17, 15) is 0 Å². The summed E-state index contributed by atoms with van der Waals surface area (Å²) in [7, 11) is 0. The Morgan fingerprint density at radius 1 is 1.57 bits per heavy atom. The molecule has 1 nitrogen and oxygen atoms in total. The lowest BCUT2D eigenvalue weighted by Gasteiger charge is -1.57. The minimum Gasteiger partial charge on any atom is -0.108 e. The quantitative estimate of drug-likeness (QED) is 0.343. The van der Waals surface area contributed by atoms with E-state index in [1.165, 1.54) is 0 Å². The summed E-state index contributed by atoms with van der Waals surface area (Å²) in [5.74, 6) is 0. The molecule has 0 aliphatic rings. The molecule has 0 aromatic rings. The van der Waals surface area contributed by atoms with Crippen LogP contribution in [0.15, 0.2) is 0 Å². The number of hydrogen-bond acceptors (Lipinski definition) is 0. The Hall–Kier alpha value is -0.550. The van der Waals surface area contributed by atoms with Crippen molar-refractivity contribution in [1.29, 1.82) is 0 Å². The summed E-state index contributed by atoms with van der Waals surface area (Å²) < 4.78 is 4.03. The smallest absolute Gasteiger partial charge is 0.108 e. The van der Waals surface area contributed by atoms with Gasteiger partial charge in [-0.25, -0.2) is 0 Å². The average molecular weight is 98.2 g/mol. The van der Waals surface area contributed by atoms with E-state index in [1.807, 2.05) is 20.1 Å². The summed E-state index contributed by atoms with van der Waals surface area (Å²) in [6.07, 6.45) is 2.94. The summed E-state index contributed by atoms with van der Waals surface area (Å²) in [5, 5.41) is 0. The van der Waals surface area contributed by atoms with Gasteiger partial charge in [0.15, 0.2) is 0 Å². The van der Waals surface area contributed by atoms with Crippen LogP contribution >= 0.6 is 0 Å². The molecule has 0 atom stereocenters. The van der Waals surface area contributed by atoms with Crippen LogP contribution < -0.4 is 4.67 Å². The maximum Gasteiger partial charge on any atom is 0.274 e. The third-order valence-electron chi connectivity index (χ3n) is 0.532. The predicted molar refractivity (Wildman–Crippen MR) is 34.8 cm³/mol. The summed E-state index contributed by atoms with van der Waals surface area (Å²) in [6, 6.07) is 0. The fourth-order valence-electron chi connectivity index (χ4n) is 0.274. The molecule has 0 N–H and O–H groups in total. The molecule has 0 aliphatic heterocycles. The van der Waals surface area contributed by atoms with Gasteiger partial charge in [-0.1, -0.05) is 6.92 Å². The molecule has 0 aliphatic carbocycles. The van der Waals surface area contributed by atoms with Gasteiger partial charge < -0.3 is 0 Å². The van der Waals surface area contributed by atoms with E-state index in [0.29, 0.717) is 0 Å². The van der Waals surface area contributed by atoms with Crippen LogP contribution in [0.3, 0.4) is 0 Å². The molecular weight excluding hydrogens is 86.1 g/mol. The van der Waals surface area contributed by atoms with Crippen LogP contribution in [0.5, 0.6) is 0 Å². The minimum absolute atomic E-state index is 1.03. The van der Waals surface area contributed by atoms with Gasteiger partial charge in [-0.15, -0.1) is 4.67 Å². The van der Waals surface area contributed by atoms with Crippen LogP contribution in [0, 0.1) is 0 Å². The molecule has 40 valence electrons. The molecule has 0 heterocycles. The Morgan fingerprint density at radius 3 is 2.29 bits per heavy atom. The largest absolute Gasteiger partial charge is 0.274 e. The monoisotopic (exact) mass is 98.1 g/mol. The van der Waals surface area contributed by atoms with Gasteiger partial charge in [-0.2, -0.15) is 0 Å². The predicted octanol–water partition coefficient (Wildman–Crippen LogP) is 1.02. The van der Waals surface area contributed by atoms with Crippen LogP contribution in [-0.2, 0) is 0 Å². The van der Waals surface area contributed by atoms with Crippen molar-refractivity contribution in [3.05, 3.63) is 0 Å². The molecule has 0 saturated carbocycles. The molecule has 0 spiro atoms. The third-order valence-corrected chi connectivity index (χ3v) is 0.532. The standard InChI is InChI=1S/C6H12N/c1-4-5-7-6(2)3/h5H,4H2,1-3H3/q+1. The second kappa shape index (κ2) is 3.63. The minimum atomic E-state index is 1.03. The van der Waals surface area contributed by atoms with Crippen molar-refractivity contribution in [2.45, 2.75) is 27.2 Å². The first-order valence-electron chi connectivity index (χ1n) is 2.60. The van der Waals surface area contributed by atoms with Gasteiger partial charge in [-0.3, -0.25) is 0 Å². The lowest BCUT2D eigenvalue weighted by Crippen LogP contribution is -1.86. The van der Waals surface area contributed by atoms with Crippen LogP contribution in [-0.4, -0.2) is 11.9 Å². The second-order valence-corrected chi connectivity index (χ2v) is 1.67. The maximum atomic E-state index is 4.03. The van der Waals surface area contributed by atoms with E-state index in [4.69, 9.17) is 0 Å². The fraction of sp³-hybridized carbons (Fsp3) is 0.667. The van der Waals surface area contributed by atoms with Gasteiger partial charge in [0.25, 0.3) is 11.9 Å². The zero-order valence-electron chi connectivity index (χ0n) is 5.23. The highest BCUT2D eigenvalue weighted by Gasteiger charge is 1.81. The highest BCUT2D eigenvalue weighted by atomic mass is 14.5. The first-order valence-corrected chi connectivity index (χ1v) is 2.60. The summed E-state index contributed by atoms with van der Waals surface area (Å²) >= 11 is 0. The van der Waals surface area contributed by atoms with Gasteiger partial charge in [0.1, 0.15) is 0 Å². The van der Waals surface area contributed by atoms with Crippen molar-refractivity contribution in [2.24, 2.45) is 0 Å². The molecule has 0 rings (SSSR count). The lowest BCUT2D eigenvalue weighted by atomic mass is 10.5. The SMILES string of the molecule is CCC=[N+]=C(C)C.